The van der Waals surface area contributed by atoms with Crippen LogP contribution in [0.3, 0.4) is 0 Å². The number of nitrogens with one attached hydrogen (secondary N) is 4. The lowest BCUT2D eigenvalue weighted by Crippen LogP contribution is -2.41. The minimum Gasteiger partial charge on any atom is -0.489 e. The van der Waals surface area contributed by atoms with Gasteiger partial charge in [0.25, 0.3) is 11.8 Å². The smallest absolute Gasteiger partial charge is 0.326 e. The van der Waals surface area contributed by atoms with E-state index in [4.69, 9.17) is 48.6 Å². The van der Waals surface area contributed by atoms with Gasteiger partial charge in [0, 0.05) is 81.0 Å². The van der Waals surface area contributed by atoms with Crippen molar-refractivity contribution < 1.29 is 38.5 Å². The fraction of sp³-hybridized carbons (Fsp3) is 0.457. The van der Waals surface area contributed by atoms with E-state index in [1.165, 1.54) is 11.8 Å². The van der Waals surface area contributed by atoms with Crippen molar-refractivity contribution in [2.24, 2.45) is 49.4 Å². The molecule has 0 saturated heterocycles. The van der Waals surface area contributed by atoms with Crippen molar-refractivity contribution in [1.82, 2.24) is 16.0 Å². The van der Waals surface area contributed by atoms with E-state index < -0.39 is 17.9 Å². The monoisotopic (exact) mass is 995 g/mol. The van der Waals surface area contributed by atoms with Crippen molar-refractivity contribution in [3.05, 3.63) is 71.8 Å². The molecule has 0 saturated carbocycles. The van der Waals surface area contributed by atoms with Crippen molar-refractivity contribution in [3.63, 3.8) is 0 Å². The minimum absolute atomic E-state index is 0.0320. The molecule has 3 aromatic rings. The van der Waals surface area contributed by atoms with E-state index >= 15 is 0 Å². The number of nitrogens with two attached hydrogens (primary N) is 6. The Hall–Kier alpha value is -6.75. The summed E-state index contributed by atoms with van der Waals surface area (Å²) in [5.74, 6) is -0.389. The van der Waals surface area contributed by atoms with Crippen LogP contribution in [0.1, 0.15) is 72.1 Å². The van der Waals surface area contributed by atoms with Gasteiger partial charge in [-0.2, -0.15) is 24.4 Å². The Labute approximate surface area is 413 Å². The van der Waals surface area contributed by atoms with Crippen LogP contribution in [-0.4, -0.2) is 129 Å². The van der Waals surface area contributed by atoms with Gasteiger partial charge in [-0.1, -0.05) is 36.8 Å². The topological polar surface area (TPSA) is 358 Å². The molecule has 2 atom stereocenters. The summed E-state index contributed by atoms with van der Waals surface area (Å²) in [5, 5.41) is 21.7. The van der Waals surface area contributed by atoms with Gasteiger partial charge in [-0.15, -0.1) is 0 Å². The predicted molar refractivity (Wildman–Crippen MR) is 278 cm³/mol. The van der Waals surface area contributed by atoms with Gasteiger partial charge in [-0.05, 0) is 72.7 Å². The zero-order valence-corrected chi connectivity index (χ0v) is 40.8. The van der Waals surface area contributed by atoms with Gasteiger partial charge >= 0.3 is 5.97 Å². The Morgan fingerprint density at radius 2 is 1.32 bits per heavy atom. The molecule has 21 nitrogen and oxygen atoms in total. The number of anilines is 1. The number of carbonyl (C=O) groups excluding carboxylic acids is 3. The molecule has 0 aliphatic rings. The second-order valence-corrected chi connectivity index (χ2v) is 16.8. The number of aliphatic imine (C=N–C) groups is 3. The van der Waals surface area contributed by atoms with Crippen LogP contribution in [0.2, 0.25) is 0 Å². The van der Waals surface area contributed by atoms with Crippen LogP contribution >= 0.6 is 24.4 Å². The number of thiol groups is 1. The van der Waals surface area contributed by atoms with Crippen molar-refractivity contribution in [3.8, 4) is 28.4 Å². The second kappa shape index (κ2) is 32.1. The molecular formula is C46H69N13O8S2. The van der Waals surface area contributed by atoms with Crippen molar-refractivity contribution in [2.45, 2.75) is 63.5 Å². The molecule has 378 valence electrons. The molecule has 0 heterocycles. The summed E-state index contributed by atoms with van der Waals surface area (Å²) in [6.45, 7) is 2.32. The summed E-state index contributed by atoms with van der Waals surface area (Å²) in [5.41, 5.74) is 35.5. The second-order valence-electron chi connectivity index (χ2n) is 15.5. The van der Waals surface area contributed by atoms with Crippen molar-refractivity contribution in [1.29, 1.82) is 0 Å². The van der Waals surface area contributed by atoms with Crippen LogP contribution in [0.4, 0.5) is 5.69 Å². The van der Waals surface area contributed by atoms with Crippen LogP contribution in [0, 0.1) is 0 Å². The van der Waals surface area contributed by atoms with E-state index in [-0.39, 0.29) is 84.8 Å². The lowest BCUT2D eigenvalue weighted by molar-refractivity contribution is -0.139. The number of carboxylic acids is 1. The number of ether oxygens (including phenoxy) is 3. The van der Waals surface area contributed by atoms with E-state index in [1.807, 2.05) is 42.7 Å². The molecular weight excluding hydrogens is 927 g/mol. The Balaban J connectivity index is 1.59. The maximum absolute atomic E-state index is 13.5. The standard InChI is InChI=1S/C46H69N13O8S2/c1-69-24-16-36(43(63)64)59-42(62)34-15-14-32(27-35(34)30-11-4-2-5-12-30)57-28-33(29-68)58-39(60)13-6-3-7-17-53-41(61)31-25-37(65-21-8-18-54-44(47)48)40(67-23-10-20-56-46(51)52)38(26-31)66-22-9-19-55-45(49)50/h2,4-5,11-12,14-15,25-27,33,36,57,68H,3,6-10,13,16-24,28-29H2,1H3,(H,53,61)(H,58,60)(H,59,62)(H,63,64)(H4,47,48,54)(H4,49,50,55)(H4,51,52,56)/t33-,36+/m1/s1. The Morgan fingerprint density at radius 1 is 0.725 bits per heavy atom. The molecule has 69 heavy (non-hydrogen) atoms. The number of thioether (sulfide) groups is 1. The number of rotatable bonds is 34. The number of hydrogen-bond donors (Lipinski definition) is 12. The number of benzene rings is 3. The first-order chi connectivity index (χ1) is 33.2. The Morgan fingerprint density at radius 3 is 1.87 bits per heavy atom. The SMILES string of the molecule is CSCC[C@H](NC(=O)c1ccc(NC[C@H](CS)NC(=O)CCCCCNC(=O)c2cc(OCCCN=C(N)N)c(OCCCN=C(N)N)c(OCCCN=C(N)N)c2)cc1-c1ccccc1)C(=O)O. The van der Waals surface area contributed by atoms with Gasteiger partial charge in [0.05, 0.1) is 25.9 Å². The summed E-state index contributed by atoms with van der Waals surface area (Å²) in [4.78, 5) is 63.7. The van der Waals surface area contributed by atoms with Crippen LogP contribution in [0.15, 0.2) is 75.6 Å². The normalized spacial score (nSPS) is 11.5. The average Bonchev–Trinajstić information content (AvgIpc) is 3.32. The van der Waals surface area contributed by atoms with Gasteiger partial charge in [-0.3, -0.25) is 29.4 Å². The van der Waals surface area contributed by atoms with Crippen LogP contribution in [-0.2, 0) is 9.59 Å². The van der Waals surface area contributed by atoms with Crippen molar-refractivity contribution >= 4 is 71.6 Å². The number of carboxylic acid groups (broad SMARTS) is 1. The first kappa shape index (κ1) is 56.6. The quantitative estimate of drug-likeness (QED) is 0.0177. The molecule has 0 radical (unpaired) electrons. The summed E-state index contributed by atoms with van der Waals surface area (Å²) >= 11 is 5.98. The maximum Gasteiger partial charge on any atom is 0.326 e. The molecule has 3 rings (SSSR count). The zero-order valence-electron chi connectivity index (χ0n) is 39.1. The number of hydrogen-bond acceptors (Lipinski definition) is 13. The molecule has 0 unspecified atom stereocenters. The van der Waals surface area contributed by atoms with Gasteiger partial charge < -0.3 is 75.0 Å². The molecule has 0 aromatic heterocycles. The molecule has 23 heteroatoms. The third-order valence-corrected chi connectivity index (χ3v) is 11.0. The summed E-state index contributed by atoms with van der Waals surface area (Å²) < 4.78 is 18.3. The average molecular weight is 996 g/mol. The molecule has 0 bridgehead atoms. The first-order valence-corrected chi connectivity index (χ1v) is 24.6. The fourth-order valence-corrected chi connectivity index (χ4v) is 7.14. The molecule has 0 fully saturated rings. The summed E-state index contributed by atoms with van der Waals surface area (Å²) in [6.07, 6.45) is 5.75. The number of unbranched alkanes of at least 4 members (excludes halogenated alkanes) is 2. The van der Waals surface area contributed by atoms with Crippen LogP contribution in [0.5, 0.6) is 17.2 Å². The molecule has 0 spiro atoms. The van der Waals surface area contributed by atoms with Gasteiger partial charge in [0.1, 0.15) is 6.04 Å². The van der Waals surface area contributed by atoms with Gasteiger partial charge in [0.2, 0.25) is 11.7 Å². The number of aliphatic carboxylic acids is 1. The Bertz CT molecular complexity index is 2120. The number of guanidine groups is 3. The van der Waals surface area contributed by atoms with E-state index in [0.29, 0.717) is 106 Å². The highest BCUT2D eigenvalue weighted by atomic mass is 32.2. The molecule has 0 aliphatic heterocycles. The van der Waals surface area contributed by atoms with Crippen molar-refractivity contribution in [2.75, 3.05) is 75.6 Å². The van der Waals surface area contributed by atoms with Crippen LogP contribution < -0.4 is 69.9 Å². The molecule has 3 amide bonds. The lowest BCUT2D eigenvalue weighted by atomic mass is 9.98. The third-order valence-electron chi connectivity index (χ3n) is 9.90. The van der Waals surface area contributed by atoms with Crippen LogP contribution in [0.25, 0.3) is 11.1 Å². The van der Waals surface area contributed by atoms with E-state index in [1.54, 1.807) is 24.3 Å². The van der Waals surface area contributed by atoms with E-state index in [9.17, 15) is 24.3 Å². The molecule has 3 aromatic carbocycles. The summed E-state index contributed by atoms with van der Waals surface area (Å²) in [7, 11) is 0. The predicted octanol–water partition coefficient (Wildman–Crippen LogP) is 2.23. The number of amides is 3. The van der Waals surface area contributed by atoms with Gasteiger partial charge in [-0.25, -0.2) is 4.79 Å². The first-order valence-electron chi connectivity index (χ1n) is 22.6. The third kappa shape index (κ3) is 22.3. The summed E-state index contributed by atoms with van der Waals surface area (Å²) in [6, 6.07) is 16.4. The fourth-order valence-electron chi connectivity index (χ4n) is 6.45. The van der Waals surface area contributed by atoms with E-state index in [2.05, 4.69) is 48.9 Å². The molecule has 0 aliphatic carbocycles. The minimum atomic E-state index is -1.09. The highest BCUT2D eigenvalue weighted by Crippen LogP contribution is 2.39. The highest BCUT2D eigenvalue weighted by Gasteiger charge is 2.23. The van der Waals surface area contributed by atoms with Gasteiger partial charge in [0.15, 0.2) is 29.4 Å². The lowest BCUT2D eigenvalue weighted by Gasteiger charge is -2.20. The largest absolute Gasteiger partial charge is 0.489 e. The number of carbonyl (C=O) groups is 4. The highest BCUT2D eigenvalue weighted by molar-refractivity contribution is 7.98. The Kier molecular flexibility index (Phi) is 26.3. The zero-order chi connectivity index (χ0) is 50.4. The molecule has 17 N–H and O–H groups in total. The number of nitrogens with zero attached hydrogens (tertiary/aromatic N) is 3. The van der Waals surface area contributed by atoms with E-state index in [0.717, 1.165) is 5.56 Å². The maximum atomic E-state index is 13.5.